The first kappa shape index (κ1) is 19.4. The van der Waals surface area contributed by atoms with Gasteiger partial charge in [0.15, 0.2) is 6.61 Å². The fourth-order valence-electron chi connectivity index (χ4n) is 2.44. The molecule has 1 aromatic rings. The normalized spacial score (nSPS) is 15.5. The highest BCUT2D eigenvalue weighted by atomic mass is 35.5. The molecule has 0 unspecified atom stereocenters. The van der Waals surface area contributed by atoms with Crippen molar-refractivity contribution in [3.8, 4) is 5.75 Å². The number of amides is 2. The summed E-state index contributed by atoms with van der Waals surface area (Å²) in [6, 6.07) is 6.88. The van der Waals surface area contributed by atoms with Gasteiger partial charge < -0.3 is 19.3 Å². The average Bonchev–Trinajstić information content (AvgIpc) is 2.78. The number of nitrogens with zero attached hydrogens (tertiary/aromatic N) is 2. The zero-order valence-electron chi connectivity index (χ0n) is 15.0. The van der Waals surface area contributed by atoms with Gasteiger partial charge in [-0.2, -0.15) is 0 Å². The number of benzene rings is 1. The molecule has 0 saturated carbocycles. The Hall–Kier alpha value is -1.95. The Labute approximate surface area is 153 Å². The van der Waals surface area contributed by atoms with E-state index in [1.165, 1.54) is 0 Å². The van der Waals surface area contributed by atoms with Crippen molar-refractivity contribution in [3.63, 3.8) is 0 Å². The van der Waals surface area contributed by atoms with Gasteiger partial charge in [0.05, 0.1) is 0 Å². The van der Waals surface area contributed by atoms with Crippen molar-refractivity contribution < 1.29 is 19.1 Å². The molecule has 25 heavy (non-hydrogen) atoms. The maximum atomic E-state index is 12.3. The van der Waals surface area contributed by atoms with Crippen molar-refractivity contribution in [2.75, 3.05) is 32.8 Å². The van der Waals surface area contributed by atoms with Crippen molar-refractivity contribution in [2.45, 2.75) is 32.8 Å². The highest BCUT2D eigenvalue weighted by molar-refractivity contribution is 6.30. The lowest BCUT2D eigenvalue weighted by molar-refractivity contribution is -0.133. The number of ether oxygens (including phenoxy) is 2. The third-order valence-corrected chi connectivity index (χ3v) is 3.93. The van der Waals surface area contributed by atoms with Gasteiger partial charge in [0.2, 0.25) is 0 Å². The molecule has 1 aliphatic rings. The van der Waals surface area contributed by atoms with Crippen molar-refractivity contribution in [1.29, 1.82) is 0 Å². The number of carbonyl (C=O) groups is 2. The number of rotatable bonds is 3. The Balaban J connectivity index is 1.82. The quantitative estimate of drug-likeness (QED) is 0.822. The molecule has 0 atom stereocenters. The Kier molecular flexibility index (Phi) is 6.53. The molecule has 2 rings (SSSR count). The molecule has 0 spiro atoms. The summed E-state index contributed by atoms with van der Waals surface area (Å²) in [6.45, 7) is 7.60. The molecule has 1 aromatic carbocycles. The average molecular weight is 369 g/mol. The first-order valence-corrected chi connectivity index (χ1v) is 8.76. The van der Waals surface area contributed by atoms with Gasteiger partial charge in [0.25, 0.3) is 5.91 Å². The molecule has 1 aliphatic heterocycles. The molecule has 0 aromatic heterocycles. The number of carbonyl (C=O) groups excluding carboxylic acids is 2. The molecule has 0 aliphatic carbocycles. The SMILES string of the molecule is CC(C)(C)OC(=O)N1CCCN(C(=O)COc2ccc(Cl)cc2)CC1. The molecule has 0 bridgehead atoms. The lowest BCUT2D eigenvalue weighted by Gasteiger charge is -2.26. The Bertz CT molecular complexity index is 598. The van der Waals surface area contributed by atoms with Gasteiger partial charge in [0.1, 0.15) is 11.4 Å². The maximum absolute atomic E-state index is 12.3. The Morgan fingerprint density at radius 2 is 1.64 bits per heavy atom. The molecule has 1 heterocycles. The summed E-state index contributed by atoms with van der Waals surface area (Å²) in [5.41, 5.74) is -0.523. The first-order chi connectivity index (χ1) is 11.7. The molecule has 138 valence electrons. The minimum atomic E-state index is -0.523. The molecule has 0 radical (unpaired) electrons. The van der Waals surface area contributed by atoms with Gasteiger partial charge in [-0.3, -0.25) is 4.79 Å². The fraction of sp³-hybridized carbons (Fsp3) is 0.556. The van der Waals surface area contributed by atoms with Gasteiger partial charge in [-0.15, -0.1) is 0 Å². The van der Waals surface area contributed by atoms with Gasteiger partial charge in [0, 0.05) is 31.2 Å². The lowest BCUT2D eigenvalue weighted by atomic mass is 10.2. The van der Waals surface area contributed by atoms with Crippen LogP contribution in [-0.4, -0.2) is 60.2 Å². The maximum Gasteiger partial charge on any atom is 0.410 e. The van der Waals surface area contributed by atoms with Crippen LogP contribution in [0.2, 0.25) is 5.02 Å². The molecule has 0 N–H and O–H groups in total. The number of hydrogen-bond donors (Lipinski definition) is 0. The van der Waals surface area contributed by atoms with E-state index in [2.05, 4.69) is 0 Å². The Morgan fingerprint density at radius 1 is 1.04 bits per heavy atom. The van der Waals surface area contributed by atoms with Crippen LogP contribution in [0.4, 0.5) is 4.79 Å². The third kappa shape index (κ3) is 6.46. The fourth-order valence-corrected chi connectivity index (χ4v) is 2.57. The molecule has 6 nitrogen and oxygen atoms in total. The van der Waals surface area contributed by atoms with Crippen molar-refractivity contribution in [1.82, 2.24) is 9.80 Å². The van der Waals surface area contributed by atoms with Crippen LogP contribution in [0.25, 0.3) is 0 Å². The standard InChI is InChI=1S/C18H25ClN2O4/c1-18(2,3)25-17(23)21-10-4-9-20(11-12-21)16(22)13-24-15-7-5-14(19)6-8-15/h5-8H,4,9-13H2,1-3H3. The van der Waals surface area contributed by atoms with E-state index < -0.39 is 5.60 Å². The largest absolute Gasteiger partial charge is 0.484 e. The number of halogens is 1. The van der Waals surface area contributed by atoms with Crippen LogP contribution in [0.1, 0.15) is 27.2 Å². The smallest absolute Gasteiger partial charge is 0.410 e. The molecule has 7 heteroatoms. The second-order valence-electron chi connectivity index (χ2n) is 6.94. The number of hydrogen-bond acceptors (Lipinski definition) is 4. The molecular formula is C18H25ClN2O4. The first-order valence-electron chi connectivity index (χ1n) is 8.39. The van der Waals surface area contributed by atoms with E-state index in [0.717, 1.165) is 0 Å². The van der Waals surface area contributed by atoms with E-state index in [-0.39, 0.29) is 18.6 Å². The van der Waals surface area contributed by atoms with Crippen LogP contribution in [0, 0.1) is 0 Å². The van der Waals surface area contributed by atoms with Crippen LogP contribution >= 0.6 is 11.6 Å². The minimum Gasteiger partial charge on any atom is -0.484 e. The van der Waals surface area contributed by atoms with Crippen molar-refractivity contribution >= 4 is 23.6 Å². The predicted octanol–water partition coefficient (Wildman–Crippen LogP) is 3.19. The highest BCUT2D eigenvalue weighted by Gasteiger charge is 2.26. The van der Waals surface area contributed by atoms with E-state index in [1.54, 1.807) is 34.1 Å². The molecule has 1 fully saturated rings. The van der Waals surface area contributed by atoms with E-state index >= 15 is 0 Å². The van der Waals surface area contributed by atoms with Gasteiger partial charge in [-0.25, -0.2) is 4.79 Å². The monoisotopic (exact) mass is 368 g/mol. The lowest BCUT2D eigenvalue weighted by Crippen LogP contribution is -2.41. The second-order valence-corrected chi connectivity index (χ2v) is 7.38. The molecular weight excluding hydrogens is 344 g/mol. The Morgan fingerprint density at radius 3 is 2.28 bits per heavy atom. The zero-order valence-corrected chi connectivity index (χ0v) is 15.7. The molecule has 1 saturated heterocycles. The van der Waals surface area contributed by atoms with E-state index in [1.807, 2.05) is 20.8 Å². The predicted molar refractivity (Wildman–Crippen MR) is 96.0 cm³/mol. The van der Waals surface area contributed by atoms with Crippen LogP contribution in [-0.2, 0) is 9.53 Å². The summed E-state index contributed by atoms with van der Waals surface area (Å²) in [5.74, 6) is 0.504. The van der Waals surface area contributed by atoms with Crippen molar-refractivity contribution in [2.24, 2.45) is 0 Å². The van der Waals surface area contributed by atoms with E-state index in [9.17, 15) is 9.59 Å². The summed E-state index contributed by atoms with van der Waals surface area (Å²) in [6.07, 6.45) is 0.380. The summed E-state index contributed by atoms with van der Waals surface area (Å²) < 4.78 is 10.9. The highest BCUT2D eigenvalue weighted by Crippen LogP contribution is 2.16. The van der Waals surface area contributed by atoms with Gasteiger partial charge in [-0.1, -0.05) is 11.6 Å². The van der Waals surface area contributed by atoms with Crippen molar-refractivity contribution in [3.05, 3.63) is 29.3 Å². The van der Waals surface area contributed by atoms with E-state index in [4.69, 9.17) is 21.1 Å². The van der Waals surface area contributed by atoms with Crippen LogP contribution < -0.4 is 4.74 Å². The third-order valence-electron chi connectivity index (χ3n) is 3.68. The zero-order chi connectivity index (χ0) is 18.4. The summed E-state index contributed by atoms with van der Waals surface area (Å²) in [4.78, 5) is 27.9. The van der Waals surface area contributed by atoms with Crippen LogP contribution in [0.15, 0.2) is 24.3 Å². The van der Waals surface area contributed by atoms with Crippen LogP contribution in [0.5, 0.6) is 5.75 Å². The second kappa shape index (κ2) is 8.43. The van der Waals surface area contributed by atoms with Crippen LogP contribution in [0.3, 0.4) is 0 Å². The molecule has 2 amide bonds. The summed E-state index contributed by atoms with van der Waals surface area (Å²) in [5, 5.41) is 0.619. The topological polar surface area (TPSA) is 59.1 Å². The minimum absolute atomic E-state index is 0.0337. The van der Waals surface area contributed by atoms with E-state index in [0.29, 0.717) is 43.4 Å². The summed E-state index contributed by atoms with van der Waals surface area (Å²) in [7, 11) is 0. The van der Waals surface area contributed by atoms with Gasteiger partial charge >= 0.3 is 6.09 Å². The van der Waals surface area contributed by atoms with Gasteiger partial charge in [-0.05, 0) is 51.5 Å². The summed E-state index contributed by atoms with van der Waals surface area (Å²) >= 11 is 5.82.